The van der Waals surface area contributed by atoms with Crippen LogP contribution in [-0.2, 0) is 6.61 Å². The van der Waals surface area contributed by atoms with Crippen LogP contribution in [0.5, 0.6) is 17.2 Å². The quantitative estimate of drug-likeness (QED) is 0.838. The number of nitrogens with zero attached hydrogens (tertiary/aromatic N) is 1. The summed E-state index contributed by atoms with van der Waals surface area (Å²) in [6.45, 7) is 4.39. The van der Waals surface area contributed by atoms with Gasteiger partial charge in [0.05, 0.1) is 14.2 Å². The van der Waals surface area contributed by atoms with Crippen LogP contribution in [-0.4, -0.2) is 19.2 Å². The van der Waals surface area contributed by atoms with Gasteiger partial charge in [0.1, 0.15) is 18.1 Å². The summed E-state index contributed by atoms with van der Waals surface area (Å²) in [5.41, 5.74) is 2.92. The molecule has 0 unspecified atom stereocenters. The van der Waals surface area contributed by atoms with Crippen LogP contribution in [0.4, 0.5) is 0 Å². The molecular weight excluding hydrogens is 254 g/mol. The van der Waals surface area contributed by atoms with E-state index in [2.05, 4.69) is 4.98 Å². The summed E-state index contributed by atoms with van der Waals surface area (Å²) < 4.78 is 16.5. The second kappa shape index (κ2) is 6.28. The molecular formula is C16H19NO3. The number of ether oxygens (including phenoxy) is 3. The highest BCUT2D eigenvalue weighted by Crippen LogP contribution is 2.30. The molecule has 0 bridgehead atoms. The van der Waals surface area contributed by atoms with Crippen LogP contribution >= 0.6 is 0 Å². The van der Waals surface area contributed by atoms with Crippen LogP contribution in [0.15, 0.2) is 30.5 Å². The summed E-state index contributed by atoms with van der Waals surface area (Å²) >= 11 is 0. The zero-order valence-corrected chi connectivity index (χ0v) is 12.3. The average Bonchev–Trinajstić information content (AvgIpc) is 2.46. The van der Waals surface area contributed by atoms with Gasteiger partial charge < -0.3 is 14.2 Å². The van der Waals surface area contributed by atoms with E-state index in [0.29, 0.717) is 18.1 Å². The van der Waals surface area contributed by atoms with Crippen LogP contribution < -0.4 is 14.2 Å². The number of pyridine rings is 1. The average molecular weight is 273 g/mol. The minimum absolute atomic E-state index is 0.339. The van der Waals surface area contributed by atoms with Gasteiger partial charge in [0, 0.05) is 12.3 Å². The molecule has 20 heavy (non-hydrogen) atoms. The van der Waals surface area contributed by atoms with Gasteiger partial charge in [-0.2, -0.15) is 0 Å². The molecule has 0 N–H and O–H groups in total. The van der Waals surface area contributed by atoms with Crippen LogP contribution in [0.1, 0.15) is 16.8 Å². The fourth-order valence-corrected chi connectivity index (χ4v) is 2.12. The van der Waals surface area contributed by atoms with E-state index in [1.807, 2.05) is 32.0 Å². The first-order valence-corrected chi connectivity index (χ1v) is 6.42. The Balaban J connectivity index is 2.23. The molecule has 0 fully saturated rings. The lowest BCUT2D eigenvalue weighted by Crippen LogP contribution is -2.04. The first kappa shape index (κ1) is 14.2. The second-order valence-corrected chi connectivity index (χ2v) is 4.50. The maximum absolute atomic E-state index is 5.90. The smallest absolute Gasteiger partial charge is 0.185 e. The summed E-state index contributed by atoms with van der Waals surface area (Å²) in [7, 11) is 3.20. The van der Waals surface area contributed by atoms with E-state index in [1.54, 1.807) is 26.5 Å². The summed E-state index contributed by atoms with van der Waals surface area (Å²) in [5.74, 6) is 2.16. The lowest BCUT2D eigenvalue weighted by molar-refractivity contribution is 0.281. The predicted octanol–water partition coefficient (Wildman–Crippen LogP) is 3.29. The molecule has 1 aromatic carbocycles. The largest absolute Gasteiger partial charge is 0.493 e. The molecule has 106 valence electrons. The topological polar surface area (TPSA) is 40.6 Å². The Morgan fingerprint density at radius 2 is 1.65 bits per heavy atom. The van der Waals surface area contributed by atoms with E-state index in [0.717, 1.165) is 22.6 Å². The predicted molar refractivity (Wildman–Crippen MR) is 77.6 cm³/mol. The van der Waals surface area contributed by atoms with E-state index in [9.17, 15) is 0 Å². The fourth-order valence-electron chi connectivity index (χ4n) is 2.12. The molecule has 0 amide bonds. The minimum atomic E-state index is 0.339. The molecule has 0 atom stereocenters. The van der Waals surface area contributed by atoms with Crippen molar-refractivity contribution in [2.75, 3.05) is 14.2 Å². The highest BCUT2D eigenvalue weighted by atomic mass is 16.5. The molecule has 0 radical (unpaired) electrons. The molecule has 2 rings (SSSR count). The fraction of sp³-hybridized carbons (Fsp3) is 0.312. The monoisotopic (exact) mass is 273 g/mol. The first-order valence-electron chi connectivity index (χ1n) is 6.42. The lowest BCUT2D eigenvalue weighted by atomic mass is 10.1. The molecule has 2 aromatic rings. The van der Waals surface area contributed by atoms with Gasteiger partial charge in [0.25, 0.3) is 0 Å². The number of benzene rings is 1. The standard InChI is InChI=1S/C16H19NO3/c1-11-6-5-7-12(2)15(11)20-10-13-16(19-4)14(18-3)8-9-17-13/h5-9H,10H2,1-4H3. The number of aromatic nitrogens is 1. The summed E-state index contributed by atoms with van der Waals surface area (Å²) in [4.78, 5) is 4.30. The first-order chi connectivity index (χ1) is 9.67. The second-order valence-electron chi connectivity index (χ2n) is 4.50. The SMILES string of the molecule is COc1ccnc(COc2c(C)cccc2C)c1OC. The lowest BCUT2D eigenvalue weighted by Gasteiger charge is -2.14. The van der Waals surface area contributed by atoms with Crippen LogP contribution in [0.25, 0.3) is 0 Å². The van der Waals surface area contributed by atoms with Crippen LogP contribution in [0.3, 0.4) is 0 Å². The van der Waals surface area contributed by atoms with Gasteiger partial charge >= 0.3 is 0 Å². The third kappa shape index (κ3) is 2.85. The third-order valence-corrected chi connectivity index (χ3v) is 3.13. The van der Waals surface area contributed by atoms with Gasteiger partial charge in [-0.3, -0.25) is 4.98 Å². The summed E-state index contributed by atoms with van der Waals surface area (Å²) in [5, 5.41) is 0. The third-order valence-electron chi connectivity index (χ3n) is 3.13. The molecule has 0 aliphatic heterocycles. The van der Waals surface area contributed by atoms with Gasteiger partial charge in [0.2, 0.25) is 0 Å². The van der Waals surface area contributed by atoms with Crippen molar-refractivity contribution in [2.45, 2.75) is 20.5 Å². The Kier molecular flexibility index (Phi) is 4.45. The van der Waals surface area contributed by atoms with Crippen molar-refractivity contribution in [2.24, 2.45) is 0 Å². The van der Waals surface area contributed by atoms with Gasteiger partial charge in [-0.15, -0.1) is 0 Å². The molecule has 4 nitrogen and oxygen atoms in total. The van der Waals surface area contributed by atoms with Crippen molar-refractivity contribution in [3.05, 3.63) is 47.3 Å². The molecule has 0 spiro atoms. The Morgan fingerprint density at radius 3 is 2.25 bits per heavy atom. The number of methoxy groups -OCH3 is 2. The number of hydrogen-bond acceptors (Lipinski definition) is 4. The minimum Gasteiger partial charge on any atom is -0.493 e. The van der Waals surface area contributed by atoms with E-state index in [-0.39, 0.29) is 0 Å². The maximum atomic E-state index is 5.90. The maximum Gasteiger partial charge on any atom is 0.185 e. The normalized spacial score (nSPS) is 10.2. The molecule has 0 saturated heterocycles. The molecule has 0 aliphatic carbocycles. The van der Waals surface area contributed by atoms with Gasteiger partial charge in [-0.1, -0.05) is 18.2 Å². The summed E-state index contributed by atoms with van der Waals surface area (Å²) in [6.07, 6.45) is 1.69. The van der Waals surface area contributed by atoms with Gasteiger partial charge in [-0.25, -0.2) is 0 Å². The Hall–Kier alpha value is -2.23. The van der Waals surface area contributed by atoms with Crippen molar-refractivity contribution in [3.63, 3.8) is 0 Å². The van der Waals surface area contributed by atoms with E-state index < -0.39 is 0 Å². The van der Waals surface area contributed by atoms with Crippen molar-refractivity contribution >= 4 is 0 Å². The molecule has 0 saturated carbocycles. The van der Waals surface area contributed by atoms with Crippen LogP contribution in [0, 0.1) is 13.8 Å². The van der Waals surface area contributed by atoms with Crippen molar-refractivity contribution in [3.8, 4) is 17.2 Å². The Morgan fingerprint density at radius 1 is 0.950 bits per heavy atom. The molecule has 1 heterocycles. The highest BCUT2D eigenvalue weighted by Gasteiger charge is 2.12. The van der Waals surface area contributed by atoms with Crippen molar-refractivity contribution < 1.29 is 14.2 Å². The Bertz CT molecular complexity index is 576. The van der Waals surface area contributed by atoms with Crippen molar-refractivity contribution in [1.29, 1.82) is 0 Å². The van der Waals surface area contributed by atoms with Crippen molar-refractivity contribution in [1.82, 2.24) is 4.98 Å². The number of aryl methyl sites for hydroxylation is 2. The highest BCUT2D eigenvalue weighted by molar-refractivity contribution is 5.43. The zero-order chi connectivity index (χ0) is 14.5. The van der Waals surface area contributed by atoms with E-state index in [1.165, 1.54) is 0 Å². The number of hydrogen-bond donors (Lipinski definition) is 0. The summed E-state index contributed by atoms with van der Waals surface area (Å²) in [6, 6.07) is 7.83. The molecule has 4 heteroatoms. The van der Waals surface area contributed by atoms with Crippen LogP contribution in [0.2, 0.25) is 0 Å². The molecule has 1 aromatic heterocycles. The van der Waals surface area contributed by atoms with Gasteiger partial charge in [0.15, 0.2) is 11.5 Å². The Labute approximate surface area is 119 Å². The zero-order valence-electron chi connectivity index (χ0n) is 12.3. The van der Waals surface area contributed by atoms with E-state index >= 15 is 0 Å². The molecule has 0 aliphatic rings. The number of para-hydroxylation sites is 1. The van der Waals surface area contributed by atoms with E-state index in [4.69, 9.17) is 14.2 Å². The van der Waals surface area contributed by atoms with Gasteiger partial charge in [-0.05, 0) is 25.0 Å². The number of rotatable bonds is 5.